The summed E-state index contributed by atoms with van der Waals surface area (Å²) in [4.78, 5) is 10.8. The molecule has 0 saturated heterocycles. The first-order chi connectivity index (χ1) is 10.0. The van der Waals surface area contributed by atoms with Gasteiger partial charge in [0.2, 0.25) is 0 Å². The van der Waals surface area contributed by atoms with Crippen LogP contribution in [0.25, 0.3) is 11.1 Å². The third-order valence-corrected chi connectivity index (χ3v) is 3.50. The Morgan fingerprint density at radius 1 is 1.38 bits per heavy atom. The minimum atomic E-state index is -0.895. The van der Waals surface area contributed by atoms with Crippen LogP contribution < -0.4 is 0 Å². The molecule has 1 aromatic heterocycles. The number of ether oxygens (including phenoxy) is 1. The first-order valence-electron chi connectivity index (χ1n) is 6.99. The average Bonchev–Trinajstić information content (AvgIpc) is 2.80. The highest BCUT2D eigenvalue weighted by atomic mass is 16.5. The lowest BCUT2D eigenvalue weighted by atomic mass is 10.0. The SMILES string of the molecule is CCO[C@H](C)c1ccc(-c2cnn(CC(=O)O)c2C)cc1. The number of carboxylic acid groups (broad SMARTS) is 1. The maximum absolute atomic E-state index is 10.8. The molecule has 1 atom stereocenters. The minimum Gasteiger partial charge on any atom is -0.480 e. The molecule has 0 bridgehead atoms. The summed E-state index contributed by atoms with van der Waals surface area (Å²) in [6.07, 6.45) is 1.78. The van der Waals surface area contributed by atoms with Gasteiger partial charge in [0.05, 0.1) is 12.3 Å². The molecule has 21 heavy (non-hydrogen) atoms. The van der Waals surface area contributed by atoms with Gasteiger partial charge in [-0.2, -0.15) is 5.10 Å². The molecule has 5 nitrogen and oxygen atoms in total. The van der Waals surface area contributed by atoms with E-state index >= 15 is 0 Å². The zero-order valence-corrected chi connectivity index (χ0v) is 12.5. The van der Waals surface area contributed by atoms with E-state index in [1.54, 1.807) is 6.20 Å². The Hall–Kier alpha value is -2.14. The van der Waals surface area contributed by atoms with Crippen LogP contribution in [0.5, 0.6) is 0 Å². The predicted molar refractivity (Wildman–Crippen MR) is 80.1 cm³/mol. The second-order valence-electron chi connectivity index (χ2n) is 4.91. The van der Waals surface area contributed by atoms with Crippen molar-refractivity contribution in [3.63, 3.8) is 0 Å². The molecule has 0 saturated carbocycles. The van der Waals surface area contributed by atoms with Crippen LogP contribution in [0, 0.1) is 6.92 Å². The summed E-state index contributed by atoms with van der Waals surface area (Å²) in [6, 6.07) is 8.09. The second kappa shape index (κ2) is 6.54. The highest BCUT2D eigenvalue weighted by Gasteiger charge is 2.11. The molecule has 0 unspecified atom stereocenters. The van der Waals surface area contributed by atoms with Crippen LogP contribution in [0.2, 0.25) is 0 Å². The molecule has 0 radical (unpaired) electrons. The number of rotatable bonds is 6. The Kier molecular flexibility index (Phi) is 4.75. The summed E-state index contributed by atoms with van der Waals surface area (Å²) >= 11 is 0. The van der Waals surface area contributed by atoms with E-state index in [0.717, 1.165) is 22.4 Å². The third kappa shape index (κ3) is 3.49. The predicted octanol–water partition coefficient (Wildman–Crippen LogP) is 3.04. The number of aromatic nitrogens is 2. The fourth-order valence-electron chi connectivity index (χ4n) is 2.30. The van der Waals surface area contributed by atoms with Crippen molar-refractivity contribution in [2.75, 3.05) is 6.61 Å². The Balaban J connectivity index is 2.23. The maximum Gasteiger partial charge on any atom is 0.325 e. The number of hydrogen-bond acceptors (Lipinski definition) is 3. The van der Waals surface area contributed by atoms with Crippen LogP contribution in [0.15, 0.2) is 30.5 Å². The Bertz CT molecular complexity index is 617. The van der Waals surface area contributed by atoms with Crippen molar-refractivity contribution in [3.05, 3.63) is 41.7 Å². The summed E-state index contributed by atoms with van der Waals surface area (Å²) in [5.74, 6) is -0.895. The van der Waals surface area contributed by atoms with Crippen molar-refractivity contribution in [1.82, 2.24) is 9.78 Å². The third-order valence-electron chi connectivity index (χ3n) is 3.50. The smallest absolute Gasteiger partial charge is 0.325 e. The molecule has 0 amide bonds. The Morgan fingerprint density at radius 3 is 2.62 bits per heavy atom. The topological polar surface area (TPSA) is 64.4 Å². The Labute approximate surface area is 124 Å². The lowest BCUT2D eigenvalue weighted by Crippen LogP contribution is -2.11. The lowest BCUT2D eigenvalue weighted by molar-refractivity contribution is -0.137. The summed E-state index contributed by atoms with van der Waals surface area (Å²) in [7, 11) is 0. The van der Waals surface area contributed by atoms with Crippen molar-refractivity contribution in [1.29, 1.82) is 0 Å². The van der Waals surface area contributed by atoms with E-state index in [1.165, 1.54) is 4.68 Å². The normalized spacial score (nSPS) is 12.3. The molecule has 1 N–H and O–H groups in total. The first-order valence-corrected chi connectivity index (χ1v) is 6.99. The van der Waals surface area contributed by atoms with Crippen molar-refractivity contribution < 1.29 is 14.6 Å². The van der Waals surface area contributed by atoms with E-state index in [2.05, 4.69) is 5.10 Å². The minimum absolute atomic E-state index is 0.0693. The molecule has 5 heteroatoms. The van der Waals surface area contributed by atoms with Crippen LogP contribution >= 0.6 is 0 Å². The van der Waals surface area contributed by atoms with Gasteiger partial charge in [0, 0.05) is 17.9 Å². The van der Waals surface area contributed by atoms with Crippen molar-refractivity contribution in [2.45, 2.75) is 33.4 Å². The van der Waals surface area contributed by atoms with Gasteiger partial charge < -0.3 is 9.84 Å². The number of aliphatic carboxylic acids is 1. The van der Waals surface area contributed by atoms with Crippen molar-refractivity contribution >= 4 is 5.97 Å². The van der Waals surface area contributed by atoms with Crippen LogP contribution in [-0.4, -0.2) is 27.5 Å². The number of nitrogens with zero attached hydrogens (tertiary/aromatic N) is 2. The van der Waals surface area contributed by atoms with E-state index < -0.39 is 5.97 Å². The van der Waals surface area contributed by atoms with Crippen LogP contribution in [0.1, 0.15) is 31.2 Å². The van der Waals surface area contributed by atoms with Gasteiger partial charge in [-0.25, -0.2) is 0 Å². The molecule has 2 aromatic rings. The van der Waals surface area contributed by atoms with Gasteiger partial charge >= 0.3 is 5.97 Å². The average molecular weight is 288 g/mol. The lowest BCUT2D eigenvalue weighted by Gasteiger charge is -2.12. The molecule has 0 aliphatic carbocycles. The van der Waals surface area contributed by atoms with E-state index in [4.69, 9.17) is 9.84 Å². The Morgan fingerprint density at radius 2 is 2.05 bits per heavy atom. The van der Waals surface area contributed by atoms with Gasteiger partial charge in [-0.3, -0.25) is 9.48 Å². The number of carbonyl (C=O) groups is 1. The van der Waals surface area contributed by atoms with Gasteiger partial charge in [-0.1, -0.05) is 24.3 Å². The molecule has 0 spiro atoms. The summed E-state index contributed by atoms with van der Waals surface area (Å²) in [6.45, 7) is 6.44. The quantitative estimate of drug-likeness (QED) is 0.887. The number of carboxylic acids is 1. The number of benzene rings is 1. The molecule has 112 valence electrons. The maximum atomic E-state index is 10.8. The molecule has 2 rings (SSSR count). The summed E-state index contributed by atoms with van der Waals surface area (Å²) in [5.41, 5.74) is 3.95. The molecule has 1 heterocycles. The molecular formula is C16H20N2O3. The monoisotopic (exact) mass is 288 g/mol. The van der Waals surface area contributed by atoms with E-state index in [-0.39, 0.29) is 12.6 Å². The number of hydrogen-bond donors (Lipinski definition) is 1. The van der Waals surface area contributed by atoms with Crippen LogP contribution in [0.4, 0.5) is 0 Å². The first kappa shape index (κ1) is 15.3. The van der Waals surface area contributed by atoms with E-state index in [9.17, 15) is 4.79 Å². The highest BCUT2D eigenvalue weighted by molar-refractivity contribution is 5.69. The molecule has 1 aromatic carbocycles. The van der Waals surface area contributed by atoms with Crippen molar-refractivity contribution in [3.8, 4) is 11.1 Å². The molecule has 0 fully saturated rings. The van der Waals surface area contributed by atoms with E-state index in [0.29, 0.717) is 6.61 Å². The standard InChI is InChI=1S/C16H20N2O3/c1-4-21-12(3)13-5-7-14(8-6-13)15-9-17-18(11(15)2)10-16(19)20/h5-9,12H,4,10H2,1-3H3,(H,19,20)/t12-/m1/s1. The zero-order chi connectivity index (χ0) is 15.4. The van der Waals surface area contributed by atoms with Gasteiger partial charge in [-0.15, -0.1) is 0 Å². The van der Waals surface area contributed by atoms with Crippen LogP contribution in [0.3, 0.4) is 0 Å². The molecule has 0 aliphatic heterocycles. The molecular weight excluding hydrogens is 268 g/mol. The van der Waals surface area contributed by atoms with Crippen molar-refractivity contribution in [2.24, 2.45) is 0 Å². The van der Waals surface area contributed by atoms with Gasteiger partial charge in [0.1, 0.15) is 6.54 Å². The zero-order valence-electron chi connectivity index (χ0n) is 12.5. The fraction of sp³-hybridized carbons (Fsp3) is 0.375. The van der Waals surface area contributed by atoms with Gasteiger partial charge in [-0.05, 0) is 31.9 Å². The molecule has 0 aliphatic rings. The second-order valence-corrected chi connectivity index (χ2v) is 4.91. The summed E-state index contributed by atoms with van der Waals surface area (Å²) < 4.78 is 7.06. The fourth-order valence-corrected chi connectivity index (χ4v) is 2.30. The van der Waals surface area contributed by atoms with Crippen LogP contribution in [-0.2, 0) is 16.1 Å². The largest absolute Gasteiger partial charge is 0.480 e. The summed E-state index contributed by atoms with van der Waals surface area (Å²) in [5, 5.41) is 13.0. The van der Waals surface area contributed by atoms with E-state index in [1.807, 2.05) is 45.0 Å². The van der Waals surface area contributed by atoms with Gasteiger partial charge in [0.25, 0.3) is 0 Å². The highest BCUT2D eigenvalue weighted by Crippen LogP contribution is 2.25. The van der Waals surface area contributed by atoms with Gasteiger partial charge in [0.15, 0.2) is 0 Å².